The third-order valence-corrected chi connectivity index (χ3v) is 6.27. The zero-order valence-electron chi connectivity index (χ0n) is 12.3. The summed E-state index contributed by atoms with van der Waals surface area (Å²) in [7, 11) is -3.24. The Labute approximate surface area is 129 Å². The lowest BCUT2D eigenvalue weighted by Gasteiger charge is -2.14. The first-order chi connectivity index (χ1) is 10.1. The highest BCUT2D eigenvalue weighted by Gasteiger charge is 2.26. The van der Waals surface area contributed by atoms with E-state index >= 15 is 0 Å². The summed E-state index contributed by atoms with van der Waals surface area (Å²) in [6.45, 7) is 4.00. The molecule has 0 bridgehead atoms. The smallest absolute Gasteiger partial charge is 0.268 e. The molecule has 0 radical (unpaired) electrons. The summed E-state index contributed by atoms with van der Waals surface area (Å²) in [6, 6.07) is 3.76. The Kier molecular flexibility index (Phi) is 5.52. The zero-order valence-corrected chi connectivity index (χ0v) is 13.9. The van der Waals surface area contributed by atoms with Crippen LogP contribution >= 0.6 is 11.3 Å². The number of hydrogen-bond acceptors (Lipinski definition) is 6. The molecule has 0 aliphatic carbocycles. The maximum atomic E-state index is 12.5. The Bertz CT molecular complexity index is 642. The topological polar surface area (TPSA) is 73.1 Å². The van der Waals surface area contributed by atoms with E-state index in [2.05, 4.69) is 10.1 Å². The summed E-state index contributed by atoms with van der Waals surface area (Å²) >= 11 is 1.48. The molecule has 116 valence electrons. The standard InChI is InChI=1S/C14H20N2O3S2/c1-3-6-11(7-4-2)21(17,18)10-13-15-14(19-16-13)12-8-5-9-20-12/h5,8-9,11H,3-4,6-7,10H2,1-2H3. The molecule has 0 aliphatic rings. The van der Waals surface area contributed by atoms with Crippen molar-refractivity contribution in [3.8, 4) is 10.8 Å². The van der Waals surface area contributed by atoms with Gasteiger partial charge in [0.2, 0.25) is 0 Å². The molecule has 0 saturated carbocycles. The van der Waals surface area contributed by atoms with Crippen molar-refractivity contribution < 1.29 is 12.9 Å². The molecular formula is C14H20N2O3S2. The molecule has 0 aromatic carbocycles. The first kappa shape index (κ1) is 16.2. The van der Waals surface area contributed by atoms with Crippen molar-refractivity contribution in [2.45, 2.75) is 50.5 Å². The van der Waals surface area contributed by atoms with Gasteiger partial charge in [-0.1, -0.05) is 37.9 Å². The van der Waals surface area contributed by atoms with Crippen LogP contribution in [0, 0.1) is 0 Å². The van der Waals surface area contributed by atoms with E-state index in [-0.39, 0.29) is 16.8 Å². The quantitative estimate of drug-likeness (QED) is 0.739. The van der Waals surface area contributed by atoms with E-state index in [9.17, 15) is 8.42 Å². The summed E-state index contributed by atoms with van der Waals surface area (Å²) in [5.41, 5.74) is 0. The average Bonchev–Trinajstić information content (AvgIpc) is 3.08. The second-order valence-corrected chi connectivity index (χ2v) is 8.23. The molecule has 2 rings (SSSR count). The van der Waals surface area contributed by atoms with Crippen LogP contribution in [-0.4, -0.2) is 23.8 Å². The van der Waals surface area contributed by atoms with Crippen molar-refractivity contribution in [2.75, 3.05) is 0 Å². The third-order valence-electron chi connectivity index (χ3n) is 3.26. The van der Waals surface area contributed by atoms with Crippen molar-refractivity contribution in [1.29, 1.82) is 0 Å². The van der Waals surface area contributed by atoms with Crippen LogP contribution in [0.2, 0.25) is 0 Å². The fourth-order valence-corrected chi connectivity index (χ4v) is 4.81. The third kappa shape index (κ3) is 4.14. The number of rotatable bonds is 8. The molecule has 0 atom stereocenters. The van der Waals surface area contributed by atoms with Crippen LogP contribution in [0.4, 0.5) is 0 Å². The van der Waals surface area contributed by atoms with E-state index in [0.29, 0.717) is 18.7 Å². The molecule has 0 unspecified atom stereocenters. The Hall–Kier alpha value is -1.21. The molecule has 0 aliphatic heterocycles. The first-order valence-corrected chi connectivity index (χ1v) is 9.74. The molecular weight excluding hydrogens is 308 g/mol. The molecule has 7 heteroatoms. The van der Waals surface area contributed by atoms with Gasteiger partial charge in [0.05, 0.1) is 10.1 Å². The second kappa shape index (κ2) is 7.17. The Morgan fingerprint density at radius 1 is 1.29 bits per heavy atom. The largest absolute Gasteiger partial charge is 0.333 e. The molecule has 2 heterocycles. The van der Waals surface area contributed by atoms with Gasteiger partial charge >= 0.3 is 0 Å². The molecule has 5 nitrogen and oxygen atoms in total. The van der Waals surface area contributed by atoms with Crippen LogP contribution in [0.15, 0.2) is 22.0 Å². The van der Waals surface area contributed by atoms with E-state index < -0.39 is 9.84 Å². The highest BCUT2D eigenvalue weighted by atomic mass is 32.2. The lowest BCUT2D eigenvalue weighted by Crippen LogP contribution is -2.23. The van der Waals surface area contributed by atoms with Gasteiger partial charge < -0.3 is 4.52 Å². The Morgan fingerprint density at radius 2 is 2.00 bits per heavy atom. The van der Waals surface area contributed by atoms with E-state index in [4.69, 9.17) is 4.52 Å². The normalized spacial score (nSPS) is 12.1. The number of hydrogen-bond donors (Lipinski definition) is 0. The van der Waals surface area contributed by atoms with Gasteiger partial charge in [0, 0.05) is 0 Å². The summed E-state index contributed by atoms with van der Waals surface area (Å²) < 4.78 is 30.1. The lowest BCUT2D eigenvalue weighted by atomic mass is 10.2. The highest BCUT2D eigenvalue weighted by Crippen LogP contribution is 2.24. The molecule has 2 aromatic rings. The maximum absolute atomic E-state index is 12.5. The minimum atomic E-state index is -3.24. The monoisotopic (exact) mass is 328 g/mol. The molecule has 0 fully saturated rings. The van der Waals surface area contributed by atoms with Gasteiger partial charge in [-0.05, 0) is 24.3 Å². The average molecular weight is 328 g/mol. The molecule has 2 aromatic heterocycles. The molecule has 0 spiro atoms. The predicted octanol–water partition coefficient (Wildman–Crippen LogP) is 3.68. The highest BCUT2D eigenvalue weighted by molar-refractivity contribution is 7.91. The molecule has 0 saturated heterocycles. The minimum absolute atomic E-state index is 0.146. The number of aromatic nitrogens is 2. The van der Waals surface area contributed by atoms with E-state index in [1.807, 2.05) is 31.4 Å². The number of thiophene rings is 1. The van der Waals surface area contributed by atoms with Crippen molar-refractivity contribution in [2.24, 2.45) is 0 Å². The molecule has 0 N–H and O–H groups in total. The second-order valence-electron chi connectivity index (χ2n) is 5.00. The van der Waals surface area contributed by atoms with E-state index in [1.165, 1.54) is 11.3 Å². The van der Waals surface area contributed by atoms with Crippen LogP contribution < -0.4 is 0 Å². The van der Waals surface area contributed by atoms with Crippen LogP contribution in [-0.2, 0) is 15.6 Å². The fraction of sp³-hybridized carbons (Fsp3) is 0.571. The Morgan fingerprint density at radius 3 is 2.57 bits per heavy atom. The van der Waals surface area contributed by atoms with Crippen LogP contribution in [0.25, 0.3) is 10.8 Å². The van der Waals surface area contributed by atoms with Crippen LogP contribution in [0.3, 0.4) is 0 Å². The predicted molar refractivity (Wildman–Crippen MR) is 83.8 cm³/mol. The van der Waals surface area contributed by atoms with Gasteiger partial charge in [-0.3, -0.25) is 0 Å². The van der Waals surface area contributed by atoms with E-state index in [1.54, 1.807) is 0 Å². The van der Waals surface area contributed by atoms with Gasteiger partial charge in [0.15, 0.2) is 15.7 Å². The summed E-state index contributed by atoms with van der Waals surface area (Å²) in [4.78, 5) is 5.05. The molecule has 21 heavy (non-hydrogen) atoms. The minimum Gasteiger partial charge on any atom is -0.333 e. The summed E-state index contributed by atoms with van der Waals surface area (Å²) in [5.74, 6) is 0.486. The van der Waals surface area contributed by atoms with Gasteiger partial charge in [-0.15, -0.1) is 11.3 Å². The van der Waals surface area contributed by atoms with Gasteiger partial charge in [-0.2, -0.15) is 4.98 Å². The van der Waals surface area contributed by atoms with Crippen molar-refractivity contribution in [3.05, 3.63) is 23.3 Å². The van der Waals surface area contributed by atoms with Gasteiger partial charge in [0.25, 0.3) is 5.89 Å². The summed E-state index contributed by atoms with van der Waals surface area (Å²) in [6.07, 6.45) is 3.09. The molecule has 0 amide bonds. The SMILES string of the molecule is CCCC(CCC)S(=O)(=O)Cc1noc(-c2cccs2)n1. The number of sulfone groups is 1. The lowest BCUT2D eigenvalue weighted by molar-refractivity contribution is 0.425. The van der Waals surface area contributed by atoms with Crippen LogP contribution in [0.1, 0.15) is 45.4 Å². The zero-order chi connectivity index (χ0) is 15.3. The van der Waals surface area contributed by atoms with E-state index in [0.717, 1.165) is 17.7 Å². The Balaban J connectivity index is 2.12. The van der Waals surface area contributed by atoms with Crippen molar-refractivity contribution >= 4 is 21.2 Å². The first-order valence-electron chi connectivity index (χ1n) is 7.14. The maximum Gasteiger partial charge on any atom is 0.268 e. The van der Waals surface area contributed by atoms with Gasteiger partial charge in [-0.25, -0.2) is 8.42 Å². The van der Waals surface area contributed by atoms with Gasteiger partial charge in [0.1, 0.15) is 5.75 Å². The summed E-state index contributed by atoms with van der Waals surface area (Å²) in [5, 5.41) is 5.40. The van der Waals surface area contributed by atoms with Crippen molar-refractivity contribution in [3.63, 3.8) is 0 Å². The van der Waals surface area contributed by atoms with Crippen LogP contribution in [0.5, 0.6) is 0 Å². The van der Waals surface area contributed by atoms with Crippen molar-refractivity contribution in [1.82, 2.24) is 10.1 Å². The number of nitrogens with zero attached hydrogens (tertiary/aromatic N) is 2. The fourth-order valence-electron chi connectivity index (χ4n) is 2.26.